The normalized spacial score (nSPS) is 14.7. The molecule has 0 saturated heterocycles. The van der Waals surface area contributed by atoms with E-state index in [2.05, 4.69) is 41.5 Å². The molecule has 17 nitrogen and oxygen atoms in total. The van der Waals surface area contributed by atoms with E-state index in [4.69, 9.17) is 37.0 Å². The highest BCUT2D eigenvalue weighted by molar-refractivity contribution is 7.47. The fourth-order valence-electron chi connectivity index (χ4n) is 11.1. The zero-order valence-corrected chi connectivity index (χ0v) is 61.6. The molecule has 92 heavy (non-hydrogen) atoms. The Morgan fingerprint density at radius 3 is 0.772 bits per heavy atom. The topological polar surface area (TPSA) is 237 Å². The Balaban J connectivity index is 5.17. The van der Waals surface area contributed by atoms with Crippen molar-refractivity contribution >= 4 is 39.5 Å². The quantitative estimate of drug-likeness (QED) is 0.0222. The zero-order valence-electron chi connectivity index (χ0n) is 59.9. The van der Waals surface area contributed by atoms with Gasteiger partial charge in [0, 0.05) is 25.7 Å². The van der Waals surface area contributed by atoms with Crippen molar-refractivity contribution in [3.63, 3.8) is 0 Å². The van der Waals surface area contributed by atoms with Gasteiger partial charge in [0.15, 0.2) is 12.2 Å². The van der Waals surface area contributed by atoms with E-state index in [-0.39, 0.29) is 25.7 Å². The van der Waals surface area contributed by atoms with E-state index in [1.807, 2.05) is 0 Å². The maximum atomic E-state index is 13.0. The fourth-order valence-corrected chi connectivity index (χ4v) is 12.6. The van der Waals surface area contributed by atoms with Crippen LogP contribution in [0.15, 0.2) is 0 Å². The van der Waals surface area contributed by atoms with Crippen molar-refractivity contribution in [3.8, 4) is 0 Å². The molecule has 0 amide bonds. The first-order valence-electron chi connectivity index (χ1n) is 38.1. The van der Waals surface area contributed by atoms with Crippen LogP contribution in [0.5, 0.6) is 0 Å². The first kappa shape index (κ1) is 90.1. The van der Waals surface area contributed by atoms with Crippen molar-refractivity contribution in [1.82, 2.24) is 0 Å². The second-order valence-corrected chi connectivity index (χ2v) is 29.7. The molecule has 0 aliphatic heterocycles. The van der Waals surface area contributed by atoms with E-state index >= 15 is 0 Å². The third-order valence-corrected chi connectivity index (χ3v) is 19.6. The monoisotopic (exact) mass is 1350 g/mol. The number of esters is 4. The lowest BCUT2D eigenvalue weighted by Gasteiger charge is -2.21. The minimum atomic E-state index is -4.95. The molecule has 0 aromatic carbocycles. The van der Waals surface area contributed by atoms with Crippen molar-refractivity contribution in [3.05, 3.63) is 0 Å². The molecule has 0 fully saturated rings. The summed E-state index contributed by atoms with van der Waals surface area (Å²) >= 11 is 0. The van der Waals surface area contributed by atoms with E-state index in [1.54, 1.807) is 0 Å². The molecule has 0 rings (SSSR count). The largest absolute Gasteiger partial charge is 0.472 e. The Morgan fingerprint density at radius 1 is 0.304 bits per heavy atom. The van der Waals surface area contributed by atoms with Crippen LogP contribution < -0.4 is 0 Å². The number of carbonyl (C=O) groups excluding carboxylic acids is 4. The number of aliphatic hydroxyl groups excluding tert-OH is 1. The molecule has 19 heteroatoms. The molecule has 4 unspecified atom stereocenters. The van der Waals surface area contributed by atoms with Crippen LogP contribution in [-0.4, -0.2) is 96.7 Å². The Hall–Kier alpha value is -1.94. The van der Waals surface area contributed by atoms with Crippen LogP contribution >= 0.6 is 15.6 Å². The number of unbranched alkanes of at least 4 members (excludes halogenated alkanes) is 40. The van der Waals surface area contributed by atoms with E-state index in [0.717, 1.165) is 108 Å². The highest BCUT2D eigenvalue weighted by atomic mass is 31.2. The van der Waals surface area contributed by atoms with Crippen LogP contribution in [0.4, 0.5) is 0 Å². The summed E-state index contributed by atoms with van der Waals surface area (Å²) in [6.07, 6.45) is 51.6. The molecule has 3 N–H and O–H groups in total. The number of phosphoric acid groups is 2. The molecule has 0 heterocycles. The summed E-state index contributed by atoms with van der Waals surface area (Å²) in [6, 6.07) is 0. The zero-order chi connectivity index (χ0) is 67.9. The van der Waals surface area contributed by atoms with E-state index in [9.17, 15) is 43.2 Å². The molecule has 0 bridgehead atoms. The first-order valence-corrected chi connectivity index (χ1v) is 41.1. The Labute approximate surface area is 562 Å². The summed E-state index contributed by atoms with van der Waals surface area (Å²) in [5.41, 5.74) is 0. The van der Waals surface area contributed by atoms with Gasteiger partial charge in [-0.05, 0) is 37.5 Å². The van der Waals surface area contributed by atoms with Crippen LogP contribution in [0.25, 0.3) is 0 Å². The molecule has 0 aromatic rings. The van der Waals surface area contributed by atoms with Gasteiger partial charge in [-0.2, -0.15) is 0 Å². The lowest BCUT2D eigenvalue weighted by molar-refractivity contribution is -0.161. The molecule has 546 valence electrons. The minimum Gasteiger partial charge on any atom is -0.462 e. The van der Waals surface area contributed by atoms with Crippen LogP contribution in [-0.2, 0) is 65.4 Å². The maximum absolute atomic E-state index is 13.0. The SMILES string of the molecule is CCCCCCCCCCCCCCCCCCCCCCCC(=O)O[C@H](COC(=O)CCCCCCCCCCCCC)COP(=O)(O)OC[C@@H](O)COP(=O)(O)OC[C@@H](COC(=O)CCCCCCCCC(C)CC)OC(=O)CCCCCCCCC(C)CC. The number of ether oxygens (including phenoxy) is 4. The molecular formula is C73H142O17P2. The summed E-state index contributed by atoms with van der Waals surface area (Å²) in [5, 5.41) is 10.6. The van der Waals surface area contributed by atoms with Crippen LogP contribution in [0.1, 0.15) is 375 Å². The molecule has 0 aliphatic carbocycles. The highest BCUT2D eigenvalue weighted by Crippen LogP contribution is 2.45. The second-order valence-electron chi connectivity index (χ2n) is 26.8. The van der Waals surface area contributed by atoms with Crippen molar-refractivity contribution in [1.29, 1.82) is 0 Å². The third kappa shape index (κ3) is 64.1. The smallest absolute Gasteiger partial charge is 0.462 e. The predicted molar refractivity (Wildman–Crippen MR) is 372 cm³/mol. The van der Waals surface area contributed by atoms with Gasteiger partial charge in [-0.1, -0.05) is 324 Å². The number of hydrogen-bond donors (Lipinski definition) is 3. The Morgan fingerprint density at radius 2 is 0.522 bits per heavy atom. The van der Waals surface area contributed by atoms with Gasteiger partial charge in [-0.15, -0.1) is 0 Å². The summed E-state index contributed by atoms with van der Waals surface area (Å²) in [5.74, 6) is -0.675. The van der Waals surface area contributed by atoms with E-state index in [0.29, 0.717) is 25.7 Å². The van der Waals surface area contributed by atoms with Gasteiger partial charge < -0.3 is 33.8 Å². The molecule has 0 spiro atoms. The molecule has 7 atom stereocenters. The first-order chi connectivity index (χ1) is 44.4. The van der Waals surface area contributed by atoms with Gasteiger partial charge in [0.05, 0.1) is 26.4 Å². The average Bonchev–Trinajstić information content (AvgIpc) is 1.60. The summed E-state index contributed by atoms with van der Waals surface area (Å²) in [4.78, 5) is 72.6. The van der Waals surface area contributed by atoms with Gasteiger partial charge in [-0.25, -0.2) is 9.13 Å². The Kier molecular flexibility index (Phi) is 63.7. The van der Waals surface area contributed by atoms with Crippen LogP contribution in [0, 0.1) is 11.8 Å². The maximum Gasteiger partial charge on any atom is 0.472 e. The van der Waals surface area contributed by atoms with Gasteiger partial charge in [-0.3, -0.25) is 37.3 Å². The van der Waals surface area contributed by atoms with Crippen molar-refractivity contribution in [2.75, 3.05) is 39.6 Å². The fraction of sp³-hybridized carbons (Fsp3) is 0.945. The number of phosphoric ester groups is 2. The third-order valence-electron chi connectivity index (χ3n) is 17.7. The molecule has 0 aromatic heterocycles. The van der Waals surface area contributed by atoms with Crippen molar-refractivity contribution in [2.24, 2.45) is 11.8 Å². The number of hydrogen-bond acceptors (Lipinski definition) is 15. The standard InChI is InChI=1S/C73H142O17P2/c1-7-11-13-15-17-19-21-22-23-24-25-26-27-28-29-30-32-34-36-45-51-57-72(77)89-68(61-83-70(75)55-49-43-35-33-31-20-18-16-14-12-8-2)63-87-91(79,80)85-59-67(74)60-86-92(81,82)88-64-69(90-73(78)58-52-46-40-38-42-48-54-66(6)10-4)62-84-71(76)56-50-44-39-37-41-47-53-65(5)9-3/h65-69,74H,7-64H2,1-6H3,(H,79,80)(H,81,82)/t65?,66?,67-,68-,69-/m1/s1. The molecule has 0 saturated carbocycles. The second kappa shape index (κ2) is 65.0. The van der Waals surface area contributed by atoms with Gasteiger partial charge >= 0.3 is 39.5 Å². The van der Waals surface area contributed by atoms with E-state index in [1.165, 1.54) is 186 Å². The van der Waals surface area contributed by atoms with Crippen molar-refractivity contribution in [2.45, 2.75) is 394 Å². The van der Waals surface area contributed by atoms with Crippen LogP contribution in [0.3, 0.4) is 0 Å². The minimum absolute atomic E-state index is 0.102. The lowest BCUT2D eigenvalue weighted by Crippen LogP contribution is -2.30. The number of rotatable bonds is 72. The Bertz CT molecular complexity index is 1790. The molecule has 0 aliphatic rings. The summed E-state index contributed by atoms with van der Waals surface area (Å²) in [7, 11) is -9.90. The molecule has 0 radical (unpaired) electrons. The van der Waals surface area contributed by atoms with E-state index < -0.39 is 97.5 Å². The summed E-state index contributed by atoms with van der Waals surface area (Å²) in [6.45, 7) is 9.47. The average molecular weight is 1350 g/mol. The van der Waals surface area contributed by atoms with Crippen LogP contribution in [0.2, 0.25) is 0 Å². The number of aliphatic hydroxyl groups is 1. The predicted octanol–water partition coefficient (Wildman–Crippen LogP) is 21.2. The number of carbonyl (C=O) groups is 4. The van der Waals surface area contributed by atoms with Gasteiger partial charge in [0.25, 0.3) is 0 Å². The van der Waals surface area contributed by atoms with Gasteiger partial charge in [0.1, 0.15) is 19.3 Å². The summed E-state index contributed by atoms with van der Waals surface area (Å²) < 4.78 is 68.3. The van der Waals surface area contributed by atoms with Crippen molar-refractivity contribution < 1.29 is 80.2 Å². The van der Waals surface area contributed by atoms with Gasteiger partial charge in [0.2, 0.25) is 0 Å². The highest BCUT2D eigenvalue weighted by Gasteiger charge is 2.30. The lowest BCUT2D eigenvalue weighted by atomic mass is 10.00. The molecular weight excluding hydrogens is 1210 g/mol.